The van der Waals surface area contributed by atoms with Gasteiger partial charge in [0.05, 0.1) is 0 Å². The Kier molecular flexibility index (Phi) is 9.46. The molecular weight excluding hydrogens is 361 g/mol. The molecular formula is C19H35NSn. The molecule has 1 N–H and O–H groups in total. The standard InChI is InChI=1S/C7H8N.3C4H9.Sn/c1-8-7-5-3-2-4-6-7;3*1-3-4-2;/h2-3,5-6,8H,1H3;3*1,3-4H2,2H3;. The van der Waals surface area contributed by atoms with Crippen molar-refractivity contribution >= 4 is 27.6 Å². The summed E-state index contributed by atoms with van der Waals surface area (Å²) >= 11 is -2.20. The van der Waals surface area contributed by atoms with Crippen molar-refractivity contribution in [3.8, 4) is 0 Å². The van der Waals surface area contributed by atoms with E-state index in [0.29, 0.717) is 0 Å². The van der Waals surface area contributed by atoms with Crippen LogP contribution in [0.3, 0.4) is 0 Å². The molecule has 0 saturated carbocycles. The zero-order chi connectivity index (χ0) is 15.6. The first-order valence-electron chi connectivity index (χ1n) is 9.00. The monoisotopic (exact) mass is 397 g/mol. The molecule has 2 heteroatoms. The van der Waals surface area contributed by atoms with E-state index < -0.39 is 18.4 Å². The van der Waals surface area contributed by atoms with Gasteiger partial charge in [-0.1, -0.05) is 0 Å². The van der Waals surface area contributed by atoms with Gasteiger partial charge >= 0.3 is 137 Å². The summed E-state index contributed by atoms with van der Waals surface area (Å²) in [6.45, 7) is 7.04. The molecule has 1 nitrogen and oxygen atoms in total. The predicted molar refractivity (Wildman–Crippen MR) is 101 cm³/mol. The summed E-state index contributed by atoms with van der Waals surface area (Å²) < 4.78 is 6.43. The van der Waals surface area contributed by atoms with Crippen molar-refractivity contribution < 1.29 is 0 Å². The number of hydrogen-bond acceptors (Lipinski definition) is 1. The molecule has 1 rings (SSSR count). The Morgan fingerprint density at radius 1 is 0.857 bits per heavy atom. The molecule has 0 atom stereocenters. The number of nitrogens with one attached hydrogen (secondary N) is 1. The van der Waals surface area contributed by atoms with Crippen LogP contribution < -0.4 is 8.90 Å². The second-order valence-electron chi connectivity index (χ2n) is 6.42. The van der Waals surface area contributed by atoms with Crippen molar-refractivity contribution in [2.24, 2.45) is 0 Å². The van der Waals surface area contributed by atoms with Crippen LogP contribution in [0.4, 0.5) is 5.69 Å². The Labute approximate surface area is 136 Å². The van der Waals surface area contributed by atoms with Crippen LogP contribution >= 0.6 is 0 Å². The normalized spacial score (nSPS) is 11.6. The summed E-state index contributed by atoms with van der Waals surface area (Å²) in [5.74, 6) is 0. The van der Waals surface area contributed by atoms with E-state index in [0.717, 1.165) is 0 Å². The number of benzene rings is 1. The maximum absolute atomic E-state index is 3.34. The molecule has 0 bridgehead atoms. The summed E-state index contributed by atoms with van der Waals surface area (Å²) in [5, 5.41) is 3.34. The van der Waals surface area contributed by atoms with Crippen molar-refractivity contribution in [3.05, 3.63) is 24.3 Å². The topological polar surface area (TPSA) is 12.0 Å². The first-order valence-corrected chi connectivity index (χ1v) is 16.5. The molecule has 21 heavy (non-hydrogen) atoms. The van der Waals surface area contributed by atoms with Gasteiger partial charge in [-0.15, -0.1) is 0 Å². The Hall–Kier alpha value is -0.181. The van der Waals surface area contributed by atoms with Gasteiger partial charge < -0.3 is 0 Å². The summed E-state index contributed by atoms with van der Waals surface area (Å²) in [4.78, 5) is 0. The third-order valence-corrected chi connectivity index (χ3v) is 20.4. The number of rotatable bonds is 11. The van der Waals surface area contributed by atoms with Gasteiger partial charge in [0, 0.05) is 0 Å². The Morgan fingerprint density at radius 3 is 1.81 bits per heavy atom. The zero-order valence-electron chi connectivity index (χ0n) is 14.7. The van der Waals surface area contributed by atoms with E-state index >= 15 is 0 Å². The Morgan fingerprint density at radius 2 is 1.38 bits per heavy atom. The van der Waals surface area contributed by atoms with Crippen LogP contribution in [0, 0.1) is 0 Å². The van der Waals surface area contributed by atoms with Crippen LogP contribution in [0.5, 0.6) is 0 Å². The van der Waals surface area contributed by atoms with Gasteiger partial charge in [0.2, 0.25) is 0 Å². The third-order valence-electron chi connectivity index (χ3n) is 4.79. The molecule has 0 spiro atoms. The van der Waals surface area contributed by atoms with Crippen molar-refractivity contribution in [2.75, 3.05) is 12.4 Å². The predicted octanol–water partition coefficient (Wildman–Crippen LogP) is 5.78. The van der Waals surface area contributed by atoms with Crippen LogP contribution in [0.25, 0.3) is 0 Å². The summed E-state index contributed by atoms with van der Waals surface area (Å²) in [7, 11) is 2.04. The maximum atomic E-state index is 3.34. The average molecular weight is 396 g/mol. The summed E-state index contributed by atoms with van der Waals surface area (Å²) in [6.07, 6.45) is 8.36. The van der Waals surface area contributed by atoms with E-state index in [1.807, 2.05) is 7.05 Å². The molecule has 0 radical (unpaired) electrons. The molecule has 1 aromatic rings. The third kappa shape index (κ3) is 5.84. The van der Waals surface area contributed by atoms with E-state index in [1.54, 1.807) is 16.9 Å². The van der Waals surface area contributed by atoms with Crippen molar-refractivity contribution in [1.82, 2.24) is 0 Å². The van der Waals surface area contributed by atoms with Crippen molar-refractivity contribution in [1.29, 1.82) is 0 Å². The van der Waals surface area contributed by atoms with Crippen LogP contribution in [0.15, 0.2) is 24.3 Å². The number of unbranched alkanes of at least 4 members (excludes halogenated alkanes) is 3. The van der Waals surface area contributed by atoms with Crippen LogP contribution in [0.1, 0.15) is 59.3 Å². The molecule has 0 fully saturated rings. The summed E-state index contributed by atoms with van der Waals surface area (Å²) in [6, 6.07) is 9.42. The van der Waals surface area contributed by atoms with Gasteiger partial charge in [0.15, 0.2) is 0 Å². The summed E-state index contributed by atoms with van der Waals surface area (Å²) in [5.41, 5.74) is 1.30. The molecule has 0 aliphatic carbocycles. The van der Waals surface area contributed by atoms with Gasteiger partial charge in [-0.25, -0.2) is 0 Å². The molecule has 0 aliphatic rings. The van der Waals surface area contributed by atoms with Crippen molar-refractivity contribution in [2.45, 2.75) is 72.6 Å². The van der Waals surface area contributed by atoms with E-state index in [2.05, 4.69) is 50.4 Å². The van der Waals surface area contributed by atoms with Crippen LogP contribution in [-0.4, -0.2) is 25.4 Å². The first kappa shape index (κ1) is 18.9. The molecule has 0 saturated heterocycles. The SMILES string of the molecule is CCC[CH2][Sn]([CH2]CCC)([CH2]CCC)[c]1cccc(NC)c1. The van der Waals surface area contributed by atoms with Crippen LogP contribution in [-0.2, 0) is 0 Å². The van der Waals surface area contributed by atoms with Gasteiger partial charge in [0.1, 0.15) is 0 Å². The molecule has 1 aromatic carbocycles. The molecule has 0 heterocycles. The minimum atomic E-state index is -2.20. The second-order valence-corrected chi connectivity index (χ2v) is 19.7. The zero-order valence-corrected chi connectivity index (χ0v) is 17.5. The van der Waals surface area contributed by atoms with E-state index in [-0.39, 0.29) is 0 Å². The fourth-order valence-corrected chi connectivity index (χ4v) is 19.4. The number of hydrogen-bond donors (Lipinski definition) is 1. The minimum absolute atomic E-state index is 1.30. The van der Waals surface area contributed by atoms with Gasteiger partial charge in [-0.3, -0.25) is 0 Å². The Bertz CT molecular complexity index is 367. The molecule has 0 aromatic heterocycles. The molecule has 0 unspecified atom stereocenters. The van der Waals surface area contributed by atoms with E-state index in [4.69, 9.17) is 0 Å². The van der Waals surface area contributed by atoms with E-state index in [9.17, 15) is 0 Å². The average Bonchev–Trinajstić information content (AvgIpc) is 2.54. The first-order chi connectivity index (χ1) is 10.2. The fourth-order valence-electron chi connectivity index (χ4n) is 3.36. The number of anilines is 1. The van der Waals surface area contributed by atoms with Crippen molar-refractivity contribution in [3.63, 3.8) is 0 Å². The van der Waals surface area contributed by atoms with Gasteiger partial charge in [-0.2, -0.15) is 0 Å². The molecule has 0 aliphatic heterocycles. The van der Waals surface area contributed by atoms with Gasteiger partial charge in [-0.05, 0) is 0 Å². The molecule has 0 amide bonds. The molecule has 120 valence electrons. The second kappa shape index (κ2) is 10.5. The quantitative estimate of drug-likeness (QED) is 0.468. The fraction of sp³-hybridized carbons (Fsp3) is 0.684. The van der Waals surface area contributed by atoms with Gasteiger partial charge in [0.25, 0.3) is 0 Å². The van der Waals surface area contributed by atoms with Crippen LogP contribution in [0.2, 0.25) is 13.3 Å². The van der Waals surface area contributed by atoms with E-state index in [1.165, 1.54) is 44.2 Å². The Balaban J connectivity index is 3.09.